The molecular formula is C19H17BrN2O3S. The van der Waals surface area contributed by atoms with E-state index in [1.807, 2.05) is 50.2 Å². The van der Waals surface area contributed by atoms with Crippen LogP contribution in [0.2, 0.25) is 0 Å². The highest BCUT2D eigenvalue weighted by Crippen LogP contribution is 2.28. The number of thioether (sulfide) groups is 1. The molecule has 0 unspecified atom stereocenters. The van der Waals surface area contributed by atoms with Crippen molar-refractivity contribution in [2.24, 2.45) is 0 Å². The number of hydrogen-bond donors (Lipinski definition) is 0. The molecule has 134 valence electrons. The van der Waals surface area contributed by atoms with Crippen molar-refractivity contribution in [2.75, 3.05) is 6.61 Å². The van der Waals surface area contributed by atoms with Gasteiger partial charge in [0.2, 0.25) is 5.89 Å². The number of benzene rings is 2. The third-order valence-corrected chi connectivity index (χ3v) is 5.06. The van der Waals surface area contributed by atoms with Gasteiger partial charge in [-0.05, 0) is 50.2 Å². The molecule has 2 aromatic carbocycles. The minimum atomic E-state index is -0.329. The van der Waals surface area contributed by atoms with E-state index in [-0.39, 0.29) is 11.0 Å². The van der Waals surface area contributed by atoms with Crippen LogP contribution in [0.5, 0.6) is 5.75 Å². The molecule has 0 spiro atoms. The number of nitrogens with zero attached hydrogens (tertiary/aromatic N) is 2. The first-order chi connectivity index (χ1) is 12.6. The zero-order valence-electron chi connectivity index (χ0n) is 14.3. The Morgan fingerprint density at radius 3 is 2.50 bits per heavy atom. The summed E-state index contributed by atoms with van der Waals surface area (Å²) in [6, 6.07) is 14.7. The van der Waals surface area contributed by atoms with Crippen molar-refractivity contribution < 1.29 is 13.9 Å². The van der Waals surface area contributed by atoms with Crippen LogP contribution in [0.1, 0.15) is 24.2 Å². The van der Waals surface area contributed by atoms with Gasteiger partial charge in [-0.25, -0.2) is 0 Å². The Labute approximate surface area is 164 Å². The minimum absolute atomic E-state index is 0.0170. The van der Waals surface area contributed by atoms with Crippen LogP contribution in [0.25, 0.3) is 11.5 Å². The third-order valence-electron chi connectivity index (χ3n) is 3.59. The highest BCUT2D eigenvalue weighted by atomic mass is 79.9. The van der Waals surface area contributed by atoms with Crippen LogP contribution in [0.3, 0.4) is 0 Å². The van der Waals surface area contributed by atoms with Crippen LogP contribution < -0.4 is 4.74 Å². The number of Topliss-reactive ketones (excluding diaryl/α,β-unsaturated/α-hetero) is 1. The molecular weight excluding hydrogens is 416 g/mol. The van der Waals surface area contributed by atoms with Crippen LogP contribution >= 0.6 is 27.7 Å². The van der Waals surface area contributed by atoms with E-state index in [9.17, 15) is 4.79 Å². The van der Waals surface area contributed by atoms with E-state index < -0.39 is 0 Å². The van der Waals surface area contributed by atoms with Crippen LogP contribution in [-0.2, 0) is 0 Å². The molecule has 0 N–H and O–H groups in total. The summed E-state index contributed by atoms with van der Waals surface area (Å²) in [5, 5.41) is 8.14. The van der Waals surface area contributed by atoms with Gasteiger partial charge in [0.1, 0.15) is 5.75 Å². The molecule has 1 heterocycles. The van der Waals surface area contributed by atoms with E-state index in [0.29, 0.717) is 23.3 Å². The predicted molar refractivity (Wildman–Crippen MR) is 105 cm³/mol. The van der Waals surface area contributed by atoms with Gasteiger partial charge >= 0.3 is 0 Å². The summed E-state index contributed by atoms with van der Waals surface area (Å²) in [6.45, 7) is 4.38. The van der Waals surface area contributed by atoms with Crippen LogP contribution in [-0.4, -0.2) is 27.8 Å². The van der Waals surface area contributed by atoms with Crippen LogP contribution in [0.4, 0.5) is 0 Å². The van der Waals surface area contributed by atoms with Gasteiger partial charge in [-0.2, -0.15) is 0 Å². The molecule has 3 aromatic rings. The fraction of sp³-hybridized carbons (Fsp3) is 0.211. The average Bonchev–Trinajstić information content (AvgIpc) is 3.11. The largest absolute Gasteiger partial charge is 0.494 e. The number of hydrogen-bond acceptors (Lipinski definition) is 6. The highest BCUT2D eigenvalue weighted by Gasteiger charge is 2.20. The lowest BCUT2D eigenvalue weighted by Crippen LogP contribution is -2.13. The molecule has 3 rings (SSSR count). The topological polar surface area (TPSA) is 65.2 Å². The van der Waals surface area contributed by atoms with Crippen LogP contribution in [0.15, 0.2) is 62.6 Å². The van der Waals surface area contributed by atoms with E-state index >= 15 is 0 Å². The van der Waals surface area contributed by atoms with E-state index in [2.05, 4.69) is 26.1 Å². The van der Waals surface area contributed by atoms with Gasteiger partial charge in [0.15, 0.2) is 5.78 Å². The van der Waals surface area contributed by atoms with Crippen LogP contribution in [0, 0.1) is 0 Å². The van der Waals surface area contributed by atoms with Gasteiger partial charge in [0.25, 0.3) is 5.22 Å². The Hall–Kier alpha value is -2.12. The third kappa shape index (κ3) is 4.53. The molecule has 0 fully saturated rings. The molecule has 0 aliphatic carbocycles. The first-order valence-electron chi connectivity index (χ1n) is 8.10. The van der Waals surface area contributed by atoms with E-state index in [1.165, 1.54) is 11.8 Å². The molecule has 0 bridgehead atoms. The number of aromatic nitrogens is 2. The highest BCUT2D eigenvalue weighted by molar-refractivity contribution is 9.10. The smallest absolute Gasteiger partial charge is 0.277 e. The maximum Gasteiger partial charge on any atom is 0.277 e. The standard InChI is InChI=1S/C19H17BrN2O3S/c1-3-24-16-10-6-14(7-11-16)18-21-22-19(25-18)26-12(2)17(23)13-4-8-15(20)9-5-13/h4-12H,3H2,1-2H3/t12-/m1/s1. The van der Waals surface area contributed by atoms with Crippen molar-refractivity contribution in [3.8, 4) is 17.2 Å². The van der Waals surface area contributed by atoms with Gasteiger partial charge < -0.3 is 9.15 Å². The van der Waals surface area contributed by atoms with Crippen molar-refractivity contribution >= 4 is 33.5 Å². The van der Waals surface area contributed by atoms with Crippen molar-refractivity contribution in [1.29, 1.82) is 0 Å². The first kappa shape index (κ1) is 18.7. The van der Waals surface area contributed by atoms with E-state index in [4.69, 9.17) is 9.15 Å². The Morgan fingerprint density at radius 1 is 1.15 bits per heavy atom. The van der Waals surface area contributed by atoms with Crippen molar-refractivity contribution in [3.05, 3.63) is 58.6 Å². The molecule has 26 heavy (non-hydrogen) atoms. The number of ether oxygens (including phenoxy) is 1. The number of carbonyl (C=O) groups is 1. The van der Waals surface area contributed by atoms with Crippen molar-refractivity contribution in [2.45, 2.75) is 24.3 Å². The normalized spacial score (nSPS) is 12.0. The Morgan fingerprint density at radius 2 is 1.85 bits per heavy atom. The zero-order chi connectivity index (χ0) is 18.5. The summed E-state index contributed by atoms with van der Waals surface area (Å²) in [4.78, 5) is 12.5. The second-order valence-electron chi connectivity index (χ2n) is 5.46. The van der Waals surface area contributed by atoms with Gasteiger partial charge in [0.05, 0.1) is 11.9 Å². The predicted octanol–water partition coefficient (Wildman–Crippen LogP) is 5.26. The number of halogens is 1. The molecule has 1 atom stereocenters. The maximum absolute atomic E-state index is 12.5. The molecule has 7 heteroatoms. The Balaban J connectivity index is 1.67. The number of ketones is 1. The minimum Gasteiger partial charge on any atom is -0.494 e. The second-order valence-corrected chi connectivity index (χ2v) is 7.67. The lowest BCUT2D eigenvalue weighted by molar-refractivity contribution is 0.0993. The first-order valence-corrected chi connectivity index (χ1v) is 9.77. The molecule has 0 aliphatic heterocycles. The lowest BCUT2D eigenvalue weighted by atomic mass is 10.1. The SMILES string of the molecule is CCOc1ccc(-c2nnc(S[C@H](C)C(=O)c3ccc(Br)cc3)o2)cc1. The zero-order valence-corrected chi connectivity index (χ0v) is 16.7. The summed E-state index contributed by atoms with van der Waals surface area (Å²) in [7, 11) is 0. The molecule has 0 saturated carbocycles. The fourth-order valence-electron chi connectivity index (χ4n) is 2.29. The van der Waals surface area contributed by atoms with E-state index in [0.717, 1.165) is 15.8 Å². The Kier molecular flexibility index (Phi) is 6.11. The lowest BCUT2D eigenvalue weighted by Gasteiger charge is -2.07. The van der Waals surface area contributed by atoms with Gasteiger partial charge in [-0.15, -0.1) is 10.2 Å². The second kappa shape index (κ2) is 8.51. The fourth-order valence-corrected chi connectivity index (χ4v) is 3.31. The van der Waals surface area contributed by atoms with Gasteiger partial charge in [-0.1, -0.05) is 39.8 Å². The monoisotopic (exact) mass is 432 g/mol. The quantitative estimate of drug-likeness (QED) is 0.374. The number of rotatable bonds is 7. The summed E-state index contributed by atoms with van der Waals surface area (Å²) < 4.78 is 12.0. The molecule has 0 amide bonds. The van der Waals surface area contributed by atoms with Crippen molar-refractivity contribution in [1.82, 2.24) is 10.2 Å². The van der Waals surface area contributed by atoms with E-state index in [1.54, 1.807) is 12.1 Å². The number of carbonyl (C=O) groups excluding carboxylic acids is 1. The van der Waals surface area contributed by atoms with Crippen molar-refractivity contribution in [3.63, 3.8) is 0 Å². The molecule has 0 radical (unpaired) electrons. The molecule has 0 saturated heterocycles. The summed E-state index contributed by atoms with van der Waals surface area (Å²) in [5.74, 6) is 1.22. The maximum atomic E-state index is 12.5. The molecule has 1 aromatic heterocycles. The average molecular weight is 433 g/mol. The summed E-state index contributed by atoms with van der Waals surface area (Å²) >= 11 is 4.62. The molecule has 0 aliphatic rings. The summed E-state index contributed by atoms with van der Waals surface area (Å²) in [6.07, 6.45) is 0. The van der Waals surface area contributed by atoms with Gasteiger partial charge in [-0.3, -0.25) is 4.79 Å². The van der Waals surface area contributed by atoms with Gasteiger partial charge in [0, 0.05) is 15.6 Å². The summed E-state index contributed by atoms with van der Waals surface area (Å²) in [5.41, 5.74) is 1.46. The Bertz CT molecular complexity index is 879. The molecule has 5 nitrogen and oxygen atoms in total.